The Kier molecular flexibility index (Phi) is 8.79. The summed E-state index contributed by atoms with van der Waals surface area (Å²) in [6.45, 7) is 16.5. The second-order valence-electron chi connectivity index (χ2n) is 5.75. The lowest BCUT2D eigenvalue weighted by Gasteiger charge is -2.30. The van der Waals surface area contributed by atoms with E-state index < -0.39 is 0 Å². The van der Waals surface area contributed by atoms with E-state index in [2.05, 4.69) is 33.1 Å². The average molecular weight is 248 g/mol. The van der Waals surface area contributed by atoms with E-state index in [1.807, 2.05) is 26.0 Å². The molecule has 1 aliphatic carbocycles. The van der Waals surface area contributed by atoms with Gasteiger partial charge in [-0.25, -0.2) is 0 Å². The smallest absolute Gasteiger partial charge is 0.0162 e. The van der Waals surface area contributed by atoms with E-state index >= 15 is 0 Å². The number of allylic oxidation sites excluding steroid dienone is 4. The summed E-state index contributed by atoms with van der Waals surface area (Å²) in [7, 11) is 0. The van der Waals surface area contributed by atoms with Gasteiger partial charge in [0, 0.05) is 0 Å². The molecule has 1 aliphatic rings. The topological polar surface area (TPSA) is 0 Å². The van der Waals surface area contributed by atoms with Crippen molar-refractivity contribution in [2.24, 2.45) is 11.3 Å². The molecule has 0 atom stereocenters. The maximum Gasteiger partial charge on any atom is -0.0162 e. The zero-order valence-electron chi connectivity index (χ0n) is 13.0. The Morgan fingerprint density at radius 2 is 1.56 bits per heavy atom. The van der Waals surface area contributed by atoms with Gasteiger partial charge in [0.05, 0.1) is 0 Å². The van der Waals surface area contributed by atoms with Gasteiger partial charge in [-0.2, -0.15) is 0 Å². The Morgan fingerprint density at radius 1 is 1.06 bits per heavy atom. The summed E-state index contributed by atoms with van der Waals surface area (Å²) < 4.78 is 0. The molecule has 0 amide bonds. The fourth-order valence-corrected chi connectivity index (χ4v) is 2.76. The molecule has 0 saturated heterocycles. The first-order chi connectivity index (χ1) is 8.59. The van der Waals surface area contributed by atoms with Crippen molar-refractivity contribution in [2.45, 2.75) is 66.2 Å². The van der Waals surface area contributed by atoms with Crippen LogP contribution in [-0.2, 0) is 0 Å². The standard InChI is InChI=1S/C16H26.C2H6/c1-5-9-14(6-2)15-10-7-12-16(3,4)13-8-11-15;1-2/h5-6,9,15H,1-2,7-8,10-13H2,3-4H3;1-2H3/b14-9+;. The molecule has 0 aromatic carbocycles. The zero-order chi connectivity index (χ0) is 14.0. The lowest BCUT2D eigenvalue weighted by Crippen LogP contribution is -2.16. The van der Waals surface area contributed by atoms with Crippen LogP contribution in [0, 0.1) is 11.3 Å². The molecule has 0 N–H and O–H groups in total. The molecule has 0 heteroatoms. The van der Waals surface area contributed by atoms with Crippen LogP contribution in [-0.4, -0.2) is 0 Å². The van der Waals surface area contributed by atoms with Crippen LogP contribution in [0.5, 0.6) is 0 Å². The number of hydrogen-bond acceptors (Lipinski definition) is 0. The first-order valence-electron chi connectivity index (χ1n) is 7.54. The first-order valence-corrected chi connectivity index (χ1v) is 7.54. The highest BCUT2D eigenvalue weighted by Gasteiger charge is 2.22. The molecule has 1 saturated carbocycles. The molecule has 0 aromatic heterocycles. The van der Waals surface area contributed by atoms with Gasteiger partial charge >= 0.3 is 0 Å². The Bertz CT molecular complexity index is 256. The number of rotatable bonds is 3. The van der Waals surface area contributed by atoms with Crippen molar-refractivity contribution < 1.29 is 0 Å². The fraction of sp³-hybridized carbons (Fsp3) is 0.667. The van der Waals surface area contributed by atoms with E-state index in [-0.39, 0.29) is 0 Å². The summed E-state index contributed by atoms with van der Waals surface area (Å²) in [6.07, 6.45) is 14.1. The second kappa shape index (κ2) is 9.19. The third-order valence-corrected chi connectivity index (χ3v) is 3.83. The Morgan fingerprint density at radius 3 is 1.94 bits per heavy atom. The molecule has 0 radical (unpaired) electrons. The van der Waals surface area contributed by atoms with E-state index in [0.29, 0.717) is 11.3 Å². The predicted octanol–water partition coefficient (Wildman–Crippen LogP) is 6.31. The van der Waals surface area contributed by atoms with Crippen molar-refractivity contribution in [2.75, 3.05) is 0 Å². The normalized spacial score (nSPS) is 21.0. The van der Waals surface area contributed by atoms with Crippen molar-refractivity contribution in [3.63, 3.8) is 0 Å². The first kappa shape index (κ1) is 17.2. The van der Waals surface area contributed by atoms with Gasteiger partial charge in [0.15, 0.2) is 0 Å². The van der Waals surface area contributed by atoms with Crippen LogP contribution >= 0.6 is 0 Å². The second-order valence-corrected chi connectivity index (χ2v) is 5.75. The van der Waals surface area contributed by atoms with Gasteiger partial charge in [-0.05, 0) is 42.6 Å². The van der Waals surface area contributed by atoms with Crippen LogP contribution in [0.4, 0.5) is 0 Å². The summed E-state index contributed by atoms with van der Waals surface area (Å²) in [6, 6.07) is 0. The van der Waals surface area contributed by atoms with Crippen molar-refractivity contribution in [1.82, 2.24) is 0 Å². The van der Waals surface area contributed by atoms with Crippen LogP contribution in [0.15, 0.2) is 37.0 Å². The molecule has 18 heavy (non-hydrogen) atoms. The fourth-order valence-electron chi connectivity index (χ4n) is 2.76. The lowest BCUT2D eigenvalue weighted by molar-refractivity contribution is 0.248. The van der Waals surface area contributed by atoms with Gasteiger partial charge in [0.1, 0.15) is 0 Å². The number of hydrogen-bond donors (Lipinski definition) is 0. The minimum absolute atomic E-state index is 0.557. The summed E-state index contributed by atoms with van der Waals surface area (Å²) in [5, 5.41) is 0. The van der Waals surface area contributed by atoms with Crippen molar-refractivity contribution >= 4 is 0 Å². The molecule has 0 nitrogen and oxygen atoms in total. The van der Waals surface area contributed by atoms with Crippen molar-refractivity contribution in [3.05, 3.63) is 37.0 Å². The van der Waals surface area contributed by atoms with Gasteiger partial charge in [-0.15, -0.1) is 0 Å². The lowest BCUT2D eigenvalue weighted by atomic mass is 9.76. The third kappa shape index (κ3) is 6.23. The van der Waals surface area contributed by atoms with Crippen molar-refractivity contribution in [3.8, 4) is 0 Å². The van der Waals surface area contributed by atoms with Crippen LogP contribution in [0.2, 0.25) is 0 Å². The molecule has 0 spiro atoms. The Hall–Kier alpha value is -0.780. The molecule has 0 unspecified atom stereocenters. The van der Waals surface area contributed by atoms with Crippen LogP contribution in [0.25, 0.3) is 0 Å². The highest BCUT2D eigenvalue weighted by molar-refractivity contribution is 5.24. The summed E-state index contributed by atoms with van der Waals surface area (Å²) in [5.41, 5.74) is 1.94. The van der Waals surface area contributed by atoms with Crippen LogP contribution < -0.4 is 0 Å². The van der Waals surface area contributed by atoms with E-state index in [0.717, 1.165) is 0 Å². The maximum absolute atomic E-state index is 3.92. The van der Waals surface area contributed by atoms with Gasteiger partial charge in [-0.3, -0.25) is 0 Å². The minimum atomic E-state index is 0.557. The Balaban J connectivity index is 0.00000137. The summed E-state index contributed by atoms with van der Waals surface area (Å²) in [4.78, 5) is 0. The monoisotopic (exact) mass is 248 g/mol. The third-order valence-electron chi connectivity index (χ3n) is 3.83. The quantitative estimate of drug-likeness (QED) is 0.513. The molecular formula is C18H32. The highest BCUT2D eigenvalue weighted by Crippen LogP contribution is 2.36. The van der Waals surface area contributed by atoms with Gasteiger partial charge in [0.25, 0.3) is 0 Å². The molecule has 0 aromatic rings. The van der Waals surface area contributed by atoms with E-state index in [4.69, 9.17) is 0 Å². The molecular weight excluding hydrogens is 216 g/mol. The predicted molar refractivity (Wildman–Crippen MR) is 84.8 cm³/mol. The highest BCUT2D eigenvalue weighted by atomic mass is 14.3. The van der Waals surface area contributed by atoms with E-state index in [1.165, 1.54) is 44.1 Å². The SMILES string of the molecule is C=C/C=C(\C=C)C1CCCC(C)(C)CCC1.CC. The molecule has 0 bridgehead atoms. The molecule has 104 valence electrons. The van der Waals surface area contributed by atoms with E-state index in [9.17, 15) is 0 Å². The summed E-state index contributed by atoms with van der Waals surface area (Å²) >= 11 is 0. The van der Waals surface area contributed by atoms with Gasteiger partial charge in [-0.1, -0.05) is 71.9 Å². The average Bonchev–Trinajstić information content (AvgIpc) is 2.34. The maximum atomic E-state index is 3.92. The molecule has 0 heterocycles. The van der Waals surface area contributed by atoms with Crippen LogP contribution in [0.3, 0.4) is 0 Å². The van der Waals surface area contributed by atoms with Crippen molar-refractivity contribution in [1.29, 1.82) is 0 Å². The van der Waals surface area contributed by atoms with Gasteiger partial charge in [0.2, 0.25) is 0 Å². The molecule has 1 fully saturated rings. The largest absolute Gasteiger partial charge is 0.0991 e. The Labute approximate surface area is 115 Å². The summed E-state index contributed by atoms with van der Waals surface area (Å²) in [5.74, 6) is 0.714. The van der Waals surface area contributed by atoms with Gasteiger partial charge < -0.3 is 0 Å². The molecule has 1 rings (SSSR count). The zero-order valence-corrected chi connectivity index (χ0v) is 13.0. The van der Waals surface area contributed by atoms with Crippen LogP contribution in [0.1, 0.15) is 66.2 Å². The molecule has 0 aliphatic heterocycles. The van der Waals surface area contributed by atoms with E-state index in [1.54, 1.807) is 0 Å². The minimum Gasteiger partial charge on any atom is -0.0991 e.